The molecule has 0 aliphatic heterocycles. The molecular weight excluding hydrogens is 170 g/mol. The second-order valence-electron chi connectivity index (χ2n) is 4.86. The van der Waals surface area contributed by atoms with Crippen molar-refractivity contribution < 1.29 is 0 Å². The first-order chi connectivity index (χ1) is 6.74. The van der Waals surface area contributed by atoms with Crippen LogP contribution < -0.4 is 5.32 Å². The van der Waals surface area contributed by atoms with Crippen molar-refractivity contribution in [3.05, 3.63) is 0 Å². The third-order valence-electron chi connectivity index (χ3n) is 3.93. The zero-order valence-corrected chi connectivity index (χ0v) is 10.3. The minimum atomic E-state index is 0.766. The monoisotopic (exact) mass is 197 g/mol. The number of hydrogen-bond acceptors (Lipinski definition) is 1. The van der Waals surface area contributed by atoms with Crippen LogP contribution in [0.3, 0.4) is 0 Å². The van der Waals surface area contributed by atoms with Crippen LogP contribution in [-0.2, 0) is 0 Å². The van der Waals surface area contributed by atoms with Gasteiger partial charge in [0, 0.05) is 6.04 Å². The normalized spacial score (nSPS) is 21.2. The van der Waals surface area contributed by atoms with Crippen molar-refractivity contribution in [2.75, 3.05) is 6.54 Å². The number of rotatable bonds is 7. The van der Waals surface area contributed by atoms with Crippen LogP contribution in [0.15, 0.2) is 0 Å². The van der Waals surface area contributed by atoms with E-state index in [4.69, 9.17) is 0 Å². The van der Waals surface area contributed by atoms with Crippen molar-refractivity contribution >= 4 is 0 Å². The highest BCUT2D eigenvalue weighted by Gasteiger charge is 2.35. The zero-order chi connectivity index (χ0) is 10.6. The molecule has 1 N–H and O–H groups in total. The Morgan fingerprint density at radius 2 is 1.71 bits per heavy atom. The molecule has 0 saturated heterocycles. The molecule has 1 aliphatic rings. The summed E-state index contributed by atoms with van der Waals surface area (Å²) in [6, 6.07) is 0.766. The van der Waals surface area contributed by atoms with Crippen LogP contribution in [0.25, 0.3) is 0 Å². The van der Waals surface area contributed by atoms with Gasteiger partial charge in [-0.05, 0) is 37.1 Å². The van der Waals surface area contributed by atoms with E-state index in [1.54, 1.807) is 0 Å². The highest BCUT2D eigenvalue weighted by molar-refractivity contribution is 4.89. The molecule has 0 spiro atoms. The average molecular weight is 197 g/mol. The highest BCUT2D eigenvalue weighted by atomic mass is 14.9. The van der Waals surface area contributed by atoms with E-state index in [1.165, 1.54) is 25.7 Å². The van der Waals surface area contributed by atoms with Crippen LogP contribution in [0.1, 0.15) is 53.4 Å². The second kappa shape index (κ2) is 5.75. The zero-order valence-electron chi connectivity index (χ0n) is 10.3. The molecule has 14 heavy (non-hydrogen) atoms. The summed E-state index contributed by atoms with van der Waals surface area (Å²) < 4.78 is 0. The van der Waals surface area contributed by atoms with E-state index in [0.29, 0.717) is 0 Å². The third kappa shape index (κ3) is 2.98. The summed E-state index contributed by atoms with van der Waals surface area (Å²) >= 11 is 0. The first kappa shape index (κ1) is 12.0. The maximum atomic E-state index is 3.71. The van der Waals surface area contributed by atoms with E-state index in [-0.39, 0.29) is 0 Å². The standard InChI is InChI=1S/C13H27N/c1-5-11(6-2)13(14-7-3)10(4)12-8-9-12/h10-14H,5-9H2,1-4H3. The fourth-order valence-corrected chi connectivity index (χ4v) is 2.73. The Morgan fingerprint density at radius 1 is 1.14 bits per heavy atom. The summed E-state index contributed by atoms with van der Waals surface area (Å²) in [6.07, 6.45) is 5.60. The molecule has 0 radical (unpaired) electrons. The number of hydrogen-bond donors (Lipinski definition) is 1. The van der Waals surface area contributed by atoms with E-state index < -0.39 is 0 Å². The van der Waals surface area contributed by atoms with E-state index in [1.807, 2.05) is 0 Å². The van der Waals surface area contributed by atoms with Crippen molar-refractivity contribution in [2.24, 2.45) is 17.8 Å². The van der Waals surface area contributed by atoms with Gasteiger partial charge in [-0.1, -0.05) is 40.5 Å². The fourth-order valence-electron chi connectivity index (χ4n) is 2.73. The van der Waals surface area contributed by atoms with Crippen LogP contribution >= 0.6 is 0 Å². The number of nitrogens with one attached hydrogen (secondary N) is 1. The Balaban J connectivity index is 2.50. The minimum absolute atomic E-state index is 0.766. The topological polar surface area (TPSA) is 12.0 Å². The fraction of sp³-hybridized carbons (Fsp3) is 1.00. The van der Waals surface area contributed by atoms with Gasteiger partial charge in [0.15, 0.2) is 0 Å². The SMILES string of the molecule is CCNC(C(CC)CC)C(C)C1CC1. The summed E-state index contributed by atoms with van der Waals surface area (Å²) in [6.45, 7) is 10.5. The predicted molar refractivity (Wildman–Crippen MR) is 63.4 cm³/mol. The molecule has 0 amide bonds. The van der Waals surface area contributed by atoms with Crippen LogP contribution in [0.5, 0.6) is 0 Å². The van der Waals surface area contributed by atoms with E-state index >= 15 is 0 Å². The molecule has 84 valence electrons. The summed E-state index contributed by atoms with van der Waals surface area (Å²) in [7, 11) is 0. The van der Waals surface area contributed by atoms with Gasteiger partial charge in [0.1, 0.15) is 0 Å². The first-order valence-corrected chi connectivity index (χ1v) is 6.47. The Morgan fingerprint density at radius 3 is 2.07 bits per heavy atom. The molecule has 2 unspecified atom stereocenters. The van der Waals surface area contributed by atoms with Crippen LogP contribution in [-0.4, -0.2) is 12.6 Å². The Bertz CT molecular complexity index is 145. The van der Waals surface area contributed by atoms with Crippen molar-refractivity contribution in [3.8, 4) is 0 Å². The van der Waals surface area contributed by atoms with E-state index in [0.717, 1.165) is 30.3 Å². The molecule has 0 aromatic carbocycles. The third-order valence-corrected chi connectivity index (χ3v) is 3.93. The molecule has 1 aliphatic carbocycles. The van der Waals surface area contributed by atoms with Gasteiger partial charge in [-0.15, -0.1) is 0 Å². The lowest BCUT2D eigenvalue weighted by Crippen LogP contribution is -2.41. The Kier molecular flexibility index (Phi) is 4.94. The molecule has 0 aromatic heterocycles. The summed E-state index contributed by atoms with van der Waals surface area (Å²) in [5.41, 5.74) is 0. The largest absolute Gasteiger partial charge is 0.314 e. The van der Waals surface area contributed by atoms with Crippen molar-refractivity contribution in [2.45, 2.75) is 59.4 Å². The first-order valence-electron chi connectivity index (χ1n) is 6.47. The van der Waals surface area contributed by atoms with Gasteiger partial charge in [0.05, 0.1) is 0 Å². The average Bonchev–Trinajstić information content (AvgIpc) is 3.00. The maximum absolute atomic E-state index is 3.71. The van der Waals surface area contributed by atoms with Gasteiger partial charge < -0.3 is 5.32 Å². The highest BCUT2D eigenvalue weighted by Crippen LogP contribution is 2.40. The molecule has 0 heterocycles. The molecule has 1 heteroatoms. The van der Waals surface area contributed by atoms with E-state index in [9.17, 15) is 0 Å². The van der Waals surface area contributed by atoms with Crippen LogP contribution in [0.2, 0.25) is 0 Å². The van der Waals surface area contributed by atoms with Gasteiger partial charge in [-0.2, -0.15) is 0 Å². The quantitative estimate of drug-likeness (QED) is 0.659. The second-order valence-corrected chi connectivity index (χ2v) is 4.86. The molecule has 0 bridgehead atoms. The van der Waals surface area contributed by atoms with Crippen LogP contribution in [0.4, 0.5) is 0 Å². The molecule has 2 atom stereocenters. The van der Waals surface area contributed by atoms with Crippen molar-refractivity contribution in [1.82, 2.24) is 5.32 Å². The molecular formula is C13H27N. The summed E-state index contributed by atoms with van der Waals surface area (Å²) in [5.74, 6) is 2.80. The van der Waals surface area contributed by atoms with Gasteiger partial charge in [-0.3, -0.25) is 0 Å². The lowest BCUT2D eigenvalue weighted by atomic mass is 9.83. The Labute approximate surface area is 89.7 Å². The summed E-state index contributed by atoms with van der Waals surface area (Å²) in [4.78, 5) is 0. The Hall–Kier alpha value is -0.0400. The van der Waals surface area contributed by atoms with Crippen molar-refractivity contribution in [3.63, 3.8) is 0 Å². The molecule has 1 rings (SSSR count). The predicted octanol–water partition coefficient (Wildman–Crippen LogP) is 3.45. The van der Waals surface area contributed by atoms with Gasteiger partial charge in [-0.25, -0.2) is 0 Å². The van der Waals surface area contributed by atoms with Crippen LogP contribution in [0, 0.1) is 17.8 Å². The lowest BCUT2D eigenvalue weighted by Gasteiger charge is -2.31. The van der Waals surface area contributed by atoms with E-state index in [2.05, 4.69) is 33.0 Å². The van der Waals surface area contributed by atoms with Gasteiger partial charge in [0.25, 0.3) is 0 Å². The summed E-state index contributed by atoms with van der Waals surface area (Å²) in [5, 5.41) is 3.71. The molecule has 1 fully saturated rings. The molecule has 1 nitrogen and oxygen atoms in total. The van der Waals surface area contributed by atoms with Gasteiger partial charge in [0.2, 0.25) is 0 Å². The minimum Gasteiger partial charge on any atom is -0.314 e. The van der Waals surface area contributed by atoms with Gasteiger partial charge >= 0.3 is 0 Å². The smallest absolute Gasteiger partial charge is 0.0123 e. The molecule has 1 saturated carbocycles. The maximum Gasteiger partial charge on any atom is 0.0123 e. The molecule has 0 aromatic rings. The lowest BCUT2D eigenvalue weighted by molar-refractivity contribution is 0.240. The van der Waals surface area contributed by atoms with Crippen molar-refractivity contribution in [1.29, 1.82) is 0 Å².